The number of carbonyl (C=O) groups is 8. The molecule has 0 aliphatic carbocycles. The van der Waals surface area contributed by atoms with E-state index in [0.29, 0.717) is 39.3 Å². The maximum Gasteiger partial charge on any atom is 0.264 e. The van der Waals surface area contributed by atoms with Crippen molar-refractivity contribution in [3.63, 3.8) is 0 Å². The van der Waals surface area contributed by atoms with Crippen LogP contribution in [0.25, 0.3) is 0 Å². The van der Waals surface area contributed by atoms with Crippen LogP contribution in [0.15, 0.2) is 226 Å². The minimum absolute atomic E-state index is 0.0388. The third kappa shape index (κ3) is 39.0. The average molecular weight is 2170 g/mol. The van der Waals surface area contributed by atoms with Crippen molar-refractivity contribution in [2.75, 3.05) is 69.5 Å². The maximum absolute atomic E-state index is 12.4. The van der Waals surface area contributed by atoms with Gasteiger partial charge in [0.25, 0.3) is 47.3 Å². The van der Waals surface area contributed by atoms with Crippen LogP contribution in [0.5, 0.6) is 0 Å². The monoisotopic (exact) mass is 2170 g/mol. The van der Waals surface area contributed by atoms with E-state index in [1.807, 2.05) is 192 Å². The zero-order chi connectivity index (χ0) is 109. The Labute approximate surface area is 909 Å². The highest BCUT2D eigenvalue weighted by atomic mass is 32.1. The number of furan rings is 2. The summed E-state index contributed by atoms with van der Waals surface area (Å²) >= 11 is 16.0. The van der Waals surface area contributed by atoms with E-state index < -0.39 is 0 Å². The predicted octanol–water partition coefficient (Wildman–Crippen LogP) is 30.3. The Kier molecular flexibility index (Phi) is 45.9. The summed E-state index contributed by atoms with van der Waals surface area (Å²) in [5, 5.41) is 6.16. The number of aromatic nitrogens is 2. The van der Waals surface area contributed by atoms with Crippen LogP contribution in [0.2, 0.25) is 0 Å². The van der Waals surface area contributed by atoms with Crippen molar-refractivity contribution in [1.82, 2.24) is 49.2 Å². The maximum atomic E-state index is 12.4. The Bertz CT molecular complexity index is 5820. The second-order valence-corrected chi connectivity index (χ2v) is 54.5. The van der Waals surface area contributed by atoms with Gasteiger partial charge in [0.2, 0.25) is 0 Å². The lowest BCUT2D eigenvalue weighted by Crippen LogP contribution is -2.29. The molecular formula is C116H154N10O10S10. The van der Waals surface area contributed by atoms with Crippen molar-refractivity contribution in [3.05, 3.63) is 328 Å². The number of rotatable bonds is 22. The van der Waals surface area contributed by atoms with Crippen LogP contribution in [-0.4, -0.2) is 166 Å². The Morgan fingerprint density at radius 1 is 0.295 bits per heavy atom. The van der Waals surface area contributed by atoms with Gasteiger partial charge in [0.15, 0.2) is 0 Å². The Morgan fingerprint density at radius 2 is 0.630 bits per heavy atom. The molecule has 0 fully saturated rings. The molecule has 14 heterocycles. The highest BCUT2D eigenvalue weighted by molar-refractivity contribution is 7.16. The fourth-order valence-electron chi connectivity index (χ4n) is 13.4. The van der Waals surface area contributed by atoms with E-state index in [1.165, 1.54) is 49.5 Å². The van der Waals surface area contributed by atoms with Gasteiger partial charge in [-0.05, 0) is 230 Å². The van der Waals surface area contributed by atoms with Gasteiger partial charge in [0.05, 0.1) is 83.1 Å². The fourth-order valence-corrected chi connectivity index (χ4v) is 23.3. The minimum atomic E-state index is 0.0388. The summed E-state index contributed by atoms with van der Waals surface area (Å²) in [6, 6.07) is 53.2. The number of thiophene rings is 10. The molecule has 30 heteroatoms. The lowest BCUT2D eigenvalue weighted by atomic mass is 9.95. The molecule has 14 aromatic rings. The molecule has 0 saturated carbocycles. The average Bonchev–Trinajstić information content (AvgIpc) is 1.66. The van der Waals surface area contributed by atoms with Crippen molar-refractivity contribution in [2.24, 2.45) is 0 Å². The predicted molar refractivity (Wildman–Crippen MR) is 619 cm³/mol. The number of nitrogens with zero attached hydrogens (tertiary/aromatic N) is 10. The molecule has 14 rings (SSSR count). The molecule has 8 amide bonds. The van der Waals surface area contributed by atoms with Crippen LogP contribution in [0, 0.1) is 0 Å². The molecule has 0 spiro atoms. The highest BCUT2D eigenvalue weighted by Crippen LogP contribution is 2.39. The van der Waals surface area contributed by atoms with Crippen molar-refractivity contribution in [2.45, 2.75) is 263 Å². The molecule has 0 aliphatic rings. The van der Waals surface area contributed by atoms with E-state index in [4.69, 9.17) is 8.83 Å². The number of pyridine rings is 2. The van der Waals surface area contributed by atoms with Crippen LogP contribution < -0.4 is 0 Å². The van der Waals surface area contributed by atoms with Crippen LogP contribution in [0.4, 0.5) is 0 Å². The molecule has 20 nitrogen and oxygen atoms in total. The van der Waals surface area contributed by atoms with Crippen LogP contribution >= 0.6 is 113 Å². The number of hydrogen-bond acceptors (Lipinski definition) is 22. The molecule has 0 N–H and O–H groups in total. The van der Waals surface area contributed by atoms with Gasteiger partial charge in [-0.2, -0.15) is 11.3 Å². The topological polar surface area (TPSA) is 215 Å². The molecule has 0 atom stereocenters. The van der Waals surface area contributed by atoms with E-state index in [1.54, 1.807) is 206 Å². The summed E-state index contributed by atoms with van der Waals surface area (Å²) in [6.45, 7) is 61.0. The highest BCUT2D eigenvalue weighted by Gasteiger charge is 2.30. The molecule has 14 aromatic heterocycles. The lowest BCUT2D eigenvalue weighted by Gasteiger charge is -2.18. The Morgan fingerprint density at radius 3 is 0.904 bits per heavy atom. The first-order valence-corrected chi connectivity index (χ1v) is 57.1. The molecule has 788 valence electrons. The van der Waals surface area contributed by atoms with Crippen molar-refractivity contribution < 1.29 is 47.2 Å². The van der Waals surface area contributed by atoms with Gasteiger partial charge in [-0.25, -0.2) is 0 Å². The first-order valence-electron chi connectivity index (χ1n) is 48.7. The summed E-state index contributed by atoms with van der Waals surface area (Å²) in [5.74, 6) is 1.46. The smallest absolute Gasteiger partial charge is 0.264 e. The van der Waals surface area contributed by atoms with Crippen LogP contribution in [0.1, 0.15) is 329 Å². The molecule has 0 aromatic carbocycles. The second kappa shape index (κ2) is 54.7. The van der Waals surface area contributed by atoms with Gasteiger partial charge in [0.1, 0.15) is 5.76 Å². The van der Waals surface area contributed by atoms with Gasteiger partial charge in [-0.3, -0.25) is 48.3 Å². The molecule has 0 saturated heterocycles. The van der Waals surface area contributed by atoms with E-state index in [2.05, 4.69) is 218 Å². The molecular weight excluding hydrogens is 2010 g/mol. The minimum Gasteiger partial charge on any atom is -0.472 e. The first kappa shape index (κ1) is 123. The number of amides is 8. The molecule has 146 heavy (non-hydrogen) atoms. The summed E-state index contributed by atoms with van der Waals surface area (Å²) < 4.78 is 10.3. The van der Waals surface area contributed by atoms with Gasteiger partial charge in [0, 0.05) is 157 Å². The fraction of sp³-hybridized carbons (Fsp3) is 0.431. The van der Waals surface area contributed by atoms with E-state index in [-0.39, 0.29) is 90.6 Å². The Hall–Kier alpha value is -10.4. The molecule has 0 bridgehead atoms. The van der Waals surface area contributed by atoms with Gasteiger partial charge >= 0.3 is 0 Å². The van der Waals surface area contributed by atoms with Gasteiger partial charge in [-0.1, -0.05) is 184 Å². The van der Waals surface area contributed by atoms with Crippen LogP contribution in [0.3, 0.4) is 0 Å². The lowest BCUT2D eigenvalue weighted by molar-refractivity contribution is 0.0771. The molecule has 0 aliphatic heterocycles. The first-order chi connectivity index (χ1) is 68.0. The second-order valence-electron chi connectivity index (χ2n) is 44.1. The standard InChI is InChI=1S/2C16H20N2OS.2C15H19NO2S.2C15H19NOS2.C13H21NOS.C11H17NOS/c1-16(2,3)14-8-7-13(20-14)15(19)18(4)11-12-6-5-9-17-10-12;1-16(2,3)14-9-8-13(20-14)15(19)18(4)11-12-7-5-6-10-17-12;1-15(2,3)13-6-5-12(19-13)14(17)16(4)9-11-7-8-18-10-11;1-15(2,3)13-8-7-12(19-13)14(17)16(4)10-11-6-5-9-18-11;1-15(2,3)13-6-5-12(19-13)14(17)16(4)9-11-7-8-18-10-11;1-15(2,3)13-8-7-12(19-13)14(17)16(4)10-11-6-5-9-18-11;1-6-14(7-2)12(15)10-8-9-11(16-10)13(3,4)5;1-11(2,3)9-7-6-8(14-9)10(13)12(4)5/h2*5-10H,11H2,1-4H3;5-8,10H,9H2,1-4H3;5-9H,10H2,1-4H3;5-8,10H,9H2,1-4H3;5-9H,10H2,1-4H3;8-9H,6-7H2,1-5H3;6-7H,1-5H3. The van der Waals surface area contributed by atoms with Crippen molar-refractivity contribution in [1.29, 1.82) is 0 Å². The SMILES string of the molecule is CCN(CC)C(=O)c1ccc(C(C)(C)C)s1.CN(C)C(=O)c1ccc(C(C)(C)C)s1.CN(Cc1ccccn1)C(=O)c1ccc(C(C)(C)C)s1.CN(Cc1cccnc1)C(=O)c1ccc(C(C)(C)C)s1.CN(Cc1ccco1)C(=O)c1ccc(C(C)(C)C)s1.CN(Cc1cccs1)C(=O)c1ccc(C(C)(C)C)s1.CN(Cc1ccoc1)C(=O)c1ccc(C(C)(C)C)s1.CN(Cc1ccsc1)C(=O)c1ccc(C(C)(C)C)s1. The van der Waals surface area contributed by atoms with Gasteiger partial charge in [-0.15, -0.1) is 102 Å². The third-order valence-corrected chi connectivity index (χ3v) is 35.8. The van der Waals surface area contributed by atoms with Crippen molar-refractivity contribution in [3.8, 4) is 0 Å². The summed E-state index contributed by atoms with van der Waals surface area (Å²) in [7, 11) is 14.5. The normalized spacial score (nSPS) is 11.5. The molecule has 0 radical (unpaired) electrons. The zero-order valence-electron chi connectivity index (χ0n) is 92.1. The summed E-state index contributed by atoms with van der Waals surface area (Å²) in [6.07, 6.45) is 10.2. The van der Waals surface area contributed by atoms with Gasteiger partial charge < -0.3 is 48.0 Å². The largest absolute Gasteiger partial charge is 0.472 e. The van der Waals surface area contributed by atoms with Crippen LogP contribution in [-0.2, 0) is 82.6 Å². The van der Waals surface area contributed by atoms with Crippen molar-refractivity contribution >= 4 is 161 Å². The summed E-state index contributed by atoms with van der Waals surface area (Å²) in [5.41, 5.74) is 4.96. The van der Waals surface area contributed by atoms with E-state index in [0.717, 1.165) is 74.7 Å². The third-order valence-electron chi connectivity index (χ3n) is 22.2. The summed E-state index contributed by atoms with van der Waals surface area (Å²) in [4.78, 5) is 138. The van der Waals surface area contributed by atoms with E-state index in [9.17, 15) is 38.4 Å². The number of carbonyl (C=O) groups excluding carboxylic acids is 8. The molecule has 0 unspecified atom stereocenters. The van der Waals surface area contributed by atoms with E-state index >= 15 is 0 Å². The Balaban J connectivity index is 0.000000227. The number of hydrogen-bond donors (Lipinski definition) is 0. The quantitative estimate of drug-likeness (QED) is 0.0619. The zero-order valence-corrected chi connectivity index (χ0v) is 100.